The molecule has 8 heteroatoms. The normalized spacial score (nSPS) is 12.8. The second kappa shape index (κ2) is 14.2. The monoisotopic (exact) mass is 429 g/mol. The van der Waals surface area contributed by atoms with E-state index in [4.69, 9.17) is 15.2 Å². The first-order chi connectivity index (χ1) is 13.8. The fourth-order valence-corrected chi connectivity index (χ4v) is 2.56. The van der Waals surface area contributed by atoms with E-state index in [0.29, 0.717) is 13.1 Å². The van der Waals surface area contributed by atoms with Crippen molar-refractivity contribution in [3.63, 3.8) is 0 Å². The Morgan fingerprint density at radius 3 is 1.73 bits per heavy atom. The molecule has 0 spiro atoms. The number of alkyl carbamates (subject to hydrolysis) is 1. The Morgan fingerprint density at radius 2 is 1.23 bits per heavy atom. The minimum atomic E-state index is -0.778. The molecule has 0 aliphatic rings. The van der Waals surface area contributed by atoms with E-state index in [9.17, 15) is 14.4 Å². The average molecular weight is 430 g/mol. The van der Waals surface area contributed by atoms with E-state index in [1.54, 1.807) is 20.8 Å². The topological polar surface area (TPSA) is 120 Å². The molecule has 1 atom stereocenters. The second-order valence-corrected chi connectivity index (χ2v) is 9.58. The Morgan fingerprint density at radius 1 is 0.767 bits per heavy atom. The molecule has 0 saturated heterocycles. The Hall–Kier alpha value is -1.83. The lowest BCUT2D eigenvalue weighted by atomic mass is 10.1. The zero-order valence-corrected chi connectivity index (χ0v) is 19.8. The molecule has 4 N–H and O–H groups in total. The van der Waals surface area contributed by atoms with Gasteiger partial charge in [-0.25, -0.2) is 4.79 Å². The first-order valence-electron chi connectivity index (χ1n) is 11.0. The lowest BCUT2D eigenvalue weighted by molar-refractivity contribution is -0.156. The van der Waals surface area contributed by atoms with Gasteiger partial charge >= 0.3 is 12.1 Å². The lowest BCUT2D eigenvalue weighted by Gasteiger charge is -2.22. The van der Waals surface area contributed by atoms with E-state index >= 15 is 0 Å². The molecular formula is C22H43N3O5. The number of nitrogens with one attached hydrogen (secondary N) is 2. The third-order valence-electron chi connectivity index (χ3n) is 3.99. The molecule has 0 aromatic rings. The number of amides is 2. The maximum absolute atomic E-state index is 11.8. The maximum Gasteiger partial charge on any atom is 0.407 e. The summed E-state index contributed by atoms with van der Waals surface area (Å²) in [6.07, 6.45) is 6.23. The zero-order valence-electron chi connectivity index (χ0n) is 19.8. The van der Waals surface area contributed by atoms with Crippen LogP contribution in [0, 0.1) is 0 Å². The van der Waals surface area contributed by atoms with Gasteiger partial charge in [-0.15, -0.1) is 0 Å². The Bertz CT molecular complexity index is 524. The number of carbonyl (C=O) groups is 3. The smallest absolute Gasteiger partial charge is 0.407 e. The predicted molar refractivity (Wildman–Crippen MR) is 118 cm³/mol. The van der Waals surface area contributed by atoms with Crippen molar-refractivity contribution in [3.8, 4) is 0 Å². The van der Waals surface area contributed by atoms with Gasteiger partial charge in [-0.3, -0.25) is 9.59 Å². The number of ether oxygens (including phenoxy) is 2. The van der Waals surface area contributed by atoms with E-state index in [-0.39, 0.29) is 24.8 Å². The van der Waals surface area contributed by atoms with Crippen LogP contribution in [0.25, 0.3) is 0 Å². The van der Waals surface area contributed by atoms with Crippen LogP contribution in [0.3, 0.4) is 0 Å². The van der Waals surface area contributed by atoms with E-state index in [2.05, 4.69) is 10.6 Å². The predicted octanol–water partition coefficient (Wildman–Crippen LogP) is 3.42. The van der Waals surface area contributed by atoms with E-state index in [0.717, 1.165) is 38.5 Å². The number of unbranched alkanes of at least 4 members (excludes halogenated alkanes) is 5. The number of esters is 1. The number of rotatable bonds is 13. The van der Waals surface area contributed by atoms with Crippen LogP contribution in [-0.4, -0.2) is 48.3 Å². The van der Waals surface area contributed by atoms with Crippen LogP contribution in [0.1, 0.15) is 92.9 Å². The van der Waals surface area contributed by atoms with Crippen LogP contribution in [0.2, 0.25) is 0 Å². The molecule has 1 unspecified atom stereocenters. The molecule has 2 amide bonds. The summed E-state index contributed by atoms with van der Waals surface area (Å²) in [6, 6.07) is -0.778. The van der Waals surface area contributed by atoms with Gasteiger partial charge in [-0.1, -0.05) is 25.7 Å². The van der Waals surface area contributed by atoms with Crippen LogP contribution in [-0.2, 0) is 19.1 Å². The molecule has 0 aromatic carbocycles. The third kappa shape index (κ3) is 18.2. The molecule has 30 heavy (non-hydrogen) atoms. The van der Waals surface area contributed by atoms with Crippen molar-refractivity contribution in [2.75, 3.05) is 13.1 Å². The highest BCUT2D eigenvalue weighted by Gasteiger charge is 2.22. The van der Waals surface area contributed by atoms with Crippen molar-refractivity contribution in [3.05, 3.63) is 0 Å². The fourth-order valence-electron chi connectivity index (χ4n) is 2.56. The van der Waals surface area contributed by atoms with Crippen molar-refractivity contribution < 1.29 is 23.9 Å². The minimum absolute atomic E-state index is 0.0952. The number of nitrogens with two attached hydrogens (primary N) is 1. The molecule has 0 aromatic heterocycles. The number of hydrogen-bond donors (Lipinski definition) is 3. The van der Waals surface area contributed by atoms with Gasteiger partial charge in [-0.05, 0) is 60.8 Å². The standard InChI is InChI=1S/C22H43N3O5/c1-21(2,3)29-19(27)17(23)13-14-18(26)24-15-11-9-7-8-10-12-16-25-20(28)30-22(4,5)6/h17H,7-16,23H2,1-6H3,(H,24,26)(H,25,28). The molecular weight excluding hydrogens is 386 g/mol. The summed E-state index contributed by atoms with van der Waals surface area (Å²) in [6.45, 7) is 12.1. The minimum Gasteiger partial charge on any atom is -0.459 e. The van der Waals surface area contributed by atoms with Gasteiger partial charge < -0.3 is 25.8 Å². The molecule has 0 heterocycles. The highest BCUT2D eigenvalue weighted by Crippen LogP contribution is 2.10. The van der Waals surface area contributed by atoms with Crippen molar-refractivity contribution in [2.45, 2.75) is 110 Å². The second-order valence-electron chi connectivity index (χ2n) is 9.58. The van der Waals surface area contributed by atoms with Gasteiger partial charge in [0, 0.05) is 19.5 Å². The molecule has 0 fully saturated rings. The maximum atomic E-state index is 11.8. The highest BCUT2D eigenvalue weighted by molar-refractivity contribution is 5.79. The molecule has 176 valence electrons. The molecule has 0 radical (unpaired) electrons. The highest BCUT2D eigenvalue weighted by atomic mass is 16.6. The van der Waals surface area contributed by atoms with Gasteiger partial charge in [-0.2, -0.15) is 0 Å². The summed E-state index contributed by atoms with van der Waals surface area (Å²) in [4.78, 5) is 35.1. The third-order valence-corrected chi connectivity index (χ3v) is 3.99. The van der Waals surface area contributed by atoms with Crippen LogP contribution in [0.4, 0.5) is 4.79 Å². The number of carbonyl (C=O) groups excluding carboxylic acids is 3. The van der Waals surface area contributed by atoms with E-state index < -0.39 is 23.2 Å². The number of hydrogen-bond acceptors (Lipinski definition) is 6. The summed E-state index contributed by atoms with van der Waals surface area (Å²) in [5, 5.41) is 5.61. The quantitative estimate of drug-likeness (QED) is 0.305. The van der Waals surface area contributed by atoms with Crippen molar-refractivity contribution in [1.29, 1.82) is 0 Å². The summed E-state index contributed by atoms with van der Waals surface area (Å²) in [7, 11) is 0. The molecule has 0 rings (SSSR count). The Labute approximate surface area is 182 Å². The van der Waals surface area contributed by atoms with E-state index in [1.807, 2.05) is 20.8 Å². The Balaban J connectivity index is 3.57. The zero-order chi connectivity index (χ0) is 23.2. The van der Waals surface area contributed by atoms with Crippen LogP contribution in [0.15, 0.2) is 0 Å². The van der Waals surface area contributed by atoms with Crippen LogP contribution in [0.5, 0.6) is 0 Å². The van der Waals surface area contributed by atoms with Gasteiger partial charge in [0.1, 0.15) is 17.2 Å². The first kappa shape index (κ1) is 28.2. The Kier molecular flexibility index (Phi) is 13.4. The van der Waals surface area contributed by atoms with Crippen molar-refractivity contribution in [1.82, 2.24) is 10.6 Å². The van der Waals surface area contributed by atoms with Gasteiger partial charge in [0.25, 0.3) is 0 Å². The summed E-state index contributed by atoms with van der Waals surface area (Å²) < 4.78 is 10.4. The summed E-state index contributed by atoms with van der Waals surface area (Å²) in [5.74, 6) is -0.571. The van der Waals surface area contributed by atoms with Crippen molar-refractivity contribution >= 4 is 18.0 Å². The molecule has 0 aliphatic carbocycles. The summed E-state index contributed by atoms with van der Waals surface area (Å²) in [5.41, 5.74) is 4.73. The molecule has 0 saturated carbocycles. The largest absolute Gasteiger partial charge is 0.459 e. The van der Waals surface area contributed by atoms with Crippen molar-refractivity contribution in [2.24, 2.45) is 5.73 Å². The SMILES string of the molecule is CC(C)(C)OC(=O)NCCCCCCCCNC(=O)CCC(N)C(=O)OC(C)(C)C. The molecule has 0 bridgehead atoms. The first-order valence-corrected chi connectivity index (χ1v) is 11.0. The lowest BCUT2D eigenvalue weighted by Crippen LogP contribution is -2.38. The average Bonchev–Trinajstić information content (AvgIpc) is 2.58. The summed E-state index contributed by atoms with van der Waals surface area (Å²) >= 11 is 0. The molecule has 0 aliphatic heterocycles. The fraction of sp³-hybridized carbons (Fsp3) is 0.864. The van der Waals surface area contributed by atoms with Gasteiger partial charge in [0.15, 0.2) is 0 Å². The van der Waals surface area contributed by atoms with Gasteiger partial charge in [0.05, 0.1) is 0 Å². The van der Waals surface area contributed by atoms with Crippen LogP contribution < -0.4 is 16.4 Å². The van der Waals surface area contributed by atoms with E-state index in [1.165, 1.54) is 0 Å². The van der Waals surface area contributed by atoms with Gasteiger partial charge in [0.2, 0.25) is 5.91 Å². The molecule has 8 nitrogen and oxygen atoms in total. The van der Waals surface area contributed by atoms with Crippen LogP contribution >= 0.6 is 0 Å².